The van der Waals surface area contributed by atoms with E-state index >= 15 is 0 Å². The second-order valence-corrected chi connectivity index (χ2v) is 7.17. The average Bonchev–Trinajstić information content (AvgIpc) is 3.25. The summed E-state index contributed by atoms with van der Waals surface area (Å²) in [5, 5.41) is 2.32. The van der Waals surface area contributed by atoms with E-state index in [1.165, 1.54) is 18.2 Å². The topological polar surface area (TPSA) is 35.5 Å². The number of carbonyl (C=O) groups excluding carboxylic acids is 1. The summed E-state index contributed by atoms with van der Waals surface area (Å²) < 4.78 is 11.7. The second-order valence-electron chi connectivity index (χ2n) is 7.17. The van der Waals surface area contributed by atoms with Crippen LogP contribution in [0.2, 0.25) is 0 Å². The predicted octanol–water partition coefficient (Wildman–Crippen LogP) is 5.80. The zero-order valence-corrected chi connectivity index (χ0v) is 16.1. The molecule has 1 fully saturated rings. The minimum atomic E-state index is 0.239. The summed E-state index contributed by atoms with van der Waals surface area (Å²) in [7, 11) is 1.65. The van der Waals surface area contributed by atoms with Crippen molar-refractivity contribution >= 4 is 22.6 Å². The number of ether oxygens (including phenoxy) is 2. The predicted molar refractivity (Wildman–Crippen MR) is 113 cm³/mol. The van der Waals surface area contributed by atoms with E-state index in [1.54, 1.807) is 13.2 Å². The van der Waals surface area contributed by atoms with E-state index < -0.39 is 0 Å². The highest BCUT2D eigenvalue weighted by molar-refractivity contribution is 5.94. The quantitative estimate of drug-likeness (QED) is 0.405. The van der Waals surface area contributed by atoms with Gasteiger partial charge in [0.05, 0.1) is 13.2 Å². The molecule has 0 spiro atoms. The van der Waals surface area contributed by atoms with Gasteiger partial charge in [0.2, 0.25) is 0 Å². The molecule has 0 heterocycles. The van der Waals surface area contributed by atoms with Gasteiger partial charge in [-0.1, -0.05) is 42.5 Å². The van der Waals surface area contributed by atoms with Crippen LogP contribution in [0.15, 0.2) is 66.7 Å². The van der Waals surface area contributed by atoms with Gasteiger partial charge in [0.1, 0.15) is 6.29 Å². The molecule has 0 aliphatic heterocycles. The lowest BCUT2D eigenvalue weighted by molar-refractivity contribution is -0.104. The Morgan fingerprint density at radius 1 is 0.893 bits per heavy atom. The third-order valence-electron chi connectivity index (χ3n) is 5.37. The Morgan fingerprint density at radius 3 is 2.36 bits per heavy atom. The molecule has 0 aromatic heterocycles. The molecule has 0 N–H and O–H groups in total. The number of fused-ring (bicyclic) bond motifs is 1. The number of methoxy groups -OCH3 is 1. The minimum absolute atomic E-state index is 0.239. The fraction of sp³-hybridized carbons (Fsp3) is 0.240. The van der Waals surface area contributed by atoms with Gasteiger partial charge in [-0.2, -0.15) is 0 Å². The van der Waals surface area contributed by atoms with Crippen LogP contribution in [0.1, 0.15) is 36.8 Å². The van der Waals surface area contributed by atoms with Gasteiger partial charge >= 0.3 is 0 Å². The molecular formula is C25H24O3. The van der Waals surface area contributed by atoms with Gasteiger partial charge < -0.3 is 9.47 Å². The van der Waals surface area contributed by atoms with E-state index in [9.17, 15) is 4.79 Å². The summed E-state index contributed by atoms with van der Waals surface area (Å²) in [6.45, 7) is 0. The van der Waals surface area contributed by atoms with Crippen LogP contribution >= 0.6 is 0 Å². The Hall–Kier alpha value is -3.07. The third kappa shape index (κ3) is 3.79. The van der Waals surface area contributed by atoms with Crippen molar-refractivity contribution in [3.05, 3.63) is 77.9 Å². The number of rotatable bonds is 6. The lowest BCUT2D eigenvalue weighted by Gasteiger charge is -2.18. The molecule has 4 rings (SSSR count). The van der Waals surface area contributed by atoms with Gasteiger partial charge in [-0.15, -0.1) is 0 Å². The van der Waals surface area contributed by atoms with Gasteiger partial charge in [-0.25, -0.2) is 0 Å². The second kappa shape index (κ2) is 8.30. The zero-order valence-electron chi connectivity index (χ0n) is 16.1. The molecule has 0 unspecified atom stereocenters. The minimum Gasteiger partial charge on any atom is -0.493 e. The molecule has 1 aliphatic carbocycles. The molecule has 0 saturated heterocycles. The first-order valence-electron chi connectivity index (χ1n) is 9.78. The van der Waals surface area contributed by atoms with Gasteiger partial charge in [0.25, 0.3) is 0 Å². The molecular weight excluding hydrogens is 348 g/mol. The van der Waals surface area contributed by atoms with Crippen molar-refractivity contribution in [2.24, 2.45) is 0 Å². The van der Waals surface area contributed by atoms with Crippen molar-refractivity contribution in [2.75, 3.05) is 7.11 Å². The van der Waals surface area contributed by atoms with E-state index in [1.807, 2.05) is 30.3 Å². The zero-order chi connectivity index (χ0) is 19.3. The molecule has 0 radical (unpaired) electrons. The first-order chi connectivity index (χ1) is 13.8. The summed E-state index contributed by atoms with van der Waals surface area (Å²) in [5.41, 5.74) is 2.82. The molecule has 3 aromatic rings. The van der Waals surface area contributed by atoms with Crippen LogP contribution in [0.3, 0.4) is 0 Å². The van der Waals surface area contributed by atoms with E-state index in [2.05, 4.69) is 30.3 Å². The van der Waals surface area contributed by atoms with Gasteiger partial charge in [-0.3, -0.25) is 4.79 Å². The van der Waals surface area contributed by atoms with Gasteiger partial charge in [-0.05, 0) is 77.4 Å². The highest BCUT2D eigenvalue weighted by atomic mass is 16.5. The molecule has 0 bridgehead atoms. The van der Waals surface area contributed by atoms with Crippen molar-refractivity contribution in [3.8, 4) is 11.5 Å². The molecule has 28 heavy (non-hydrogen) atoms. The first kappa shape index (κ1) is 18.3. The molecule has 142 valence electrons. The van der Waals surface area contributed by atoms with Gasteiger partial charge in [0.15, 0.2) is 11.5 Å². The molecule has 1 aliphatic rings. The van der Waals surface area contributed by atoms with Gasteiger partial charge in [0, 0.05) is 0 Å². The molecule has 3 nitrogen and oxygen atoms in total. The fourth-order valence-electron chi connectivity index (χ4n) is 3.91. The third-order valence-corrected chi connectivity index (χ3v) is 5.37. The largest absolute Gasteiger partial charge is 0.493 e. The van der Waals surface area contributed by atoms with E-state index in [0.717, 1.165) is 52.7 Å². The van der Waals surface area contributed by atoms with Crippen molar-refractivity contribution in [1.82, 2.24) is 0 Å². The number of carbonyl (C=O) groups is 1. The molecule has 0 amide bonds. The summed E-state index contributed by atoms with van der Waals surface area (Å²) in [6, 6.07) is 20.4. The summed E-state index contributed by atoms with van der Waals surface area (Å²) in [5.74, 6) is 1.46. The number of allylic oxidation sites excluding steroid dienone is 1. The first-order valence-corrected chi connectivity index (χ1v) is 9.78. The Labute approximate surface area is 165 Å². The Balaban J connectivity index is 1.74. The lowest BCUT2D eigenvalue weighted by atomic mass is 9.95. The van der Waals surface area contributed by atoms with Crippen LogP contribution in [0.4, 0.5) is 0 Å². The van der Waals surface area contributed by atoms with Crippen molar-refractivity contribution in [2.45, 2.75) is 31.8 Å². The maximum Gasteiger partial charge on any atom is 0.162 e. The van der Waals surface area contributed by atoms with Crippen LogP contribution in [0, 0.1) is 0 Å². The summed E-state index contributed by atoms with van der Waals surface area (Å²) in [6.07, 6.45) is 7.27. The highest BCUT2D eigenvalue weighted by Gasteiger charge is 2.19. The fourth-order valence-corrected chi connectivity index (χ4v) is 3.91. The standard InChI is InChI=1S/C25H24O3/c1-27-24-13-12-21(17-25(24)28-22-8-4-5-9-22)23(14-15-26)20-11-10-18-6-2-3-7-19(18)16-20/h2-3,6-7,10-17,22H,4-5,8-9H2,1H3/b23-14+. The normalized spacial score (nSPS) is 15.0. The van der Waals surface area contributed by atoms with Crippen molar-refractivity contribution < 1.29 is 14.3 Å². The van der Waals surface area contributed by atoms with Crippen LogP contribution in [0.5, 0.6) is 11.5 Å². The van der Waals surface area contributed by atoms with E-state index in [0.29, 0.717) is 0 Å². The number of hydrogen-bond acceptors (Lipinski definition) is 3. The maximum absolute atomic E-state index is 11.4. The molecule has 3 heteroatoms. The SMILES string of the molecule is COc1ccc(/C(=C/C=O)c2ccc3ccccc3c2)cc1OC1CCCC1. The maximum atomic E-state index is 11.4. The Morgan fingerprint density at radius 2 is 1.61 bits per heavy atom. The number of aldehydes is 1. The van der Waals surface area contributed by atoms with Crippen molar-refractivity contribution in [1.29, 1.82) is 0 Å². The molecule has 3 aromatic carbocycles. The van der Waals surface area contributed by atoms with Crippen LogP contribution in [-0.2, 0) is 4.79 Å². The highest BCUT2D eigenvalue weighted by Crippen LogP contribution is 2.36. The smallest absolute Gasteiger partial charge is 0.162 e. The van der Waals surface area contributed by atoms with E-state index in [4.69, 9.17) is 9.47 Å². The van der Waals surface area contributed by atoms with E-state index in [-0.39, 0.29) is 6.10 Å². The number of benzene rings is 3. The van der Waals surface area contributed by atoms with Crippen LogP contribution in [0.25, 0.3) is 16.3 Å². The number of hydrogen-bond donors (Lipinski definition) is 0. The van der Waals surface area contributed by atoms with Crippen LogP contribution < -0.4 is 9.47 Å². The Bertz CT molecular complexity index is 1010. The monoisotopic (exact) mass is 372 g/mol. The van der Waals surface area contributed by atoms with Crippen molar-refractivity contribution in [3.63, 3.8) is 0 Å². The molecule has 0 atom stereocenters. The summed E-state index contributed by atoms with van der Waals surface area (Å²) in [4.78, 5) is 11.4. The Kier molecular flexibility index (Phi) is 5.43. The lowest BCUT2D eigenvalue weighted by Crippen LogP contribution is -2.11. The molecule has 1 saturated carbocycles. The average molecular weight is 372 g/mol. The van der Waals surface area contributed by atoms with Crippen LogP contribution in [-0.4, -0.2) is 19.5 Å². The summed E-state index contributed by atoms with van der Waals surface area (Å²) >= 11 is 0.